The van der Waals surface area contributed by atoms with Gasteiger partial charge in [0.05, 0.1) is 5.69 Å². The summed E-state index contributed by atoms with van der Waals surface area (Å²) in [6.07, 6.45) is 32.1. The van der Waals surface area contributed by atoms with Crippen molar-refractivity contribution in [1.82, 2.24) is 4.98 Å². The van der Waals surface area contributed by atoms with E-state index in [1.54, 1.807) is 0 Å². The lowest BCUT2D eigenvalue weighted by Gasteiger charge is -2.02. The lowest BCUT2D eigenvalue weighted by Crippen LogP contribution is -1.88. The Morgan fingerprint density at radius 2 is 1.29 bits per heavy atom. The van der Waals surface area contributed by atoms with Crippen molar-refractivity contribution in [2.75, 3.05) is 0 Å². The SMILES string of the molecule is CC/C=C\C/C=C\C/C=C\CCCCCCCCCCCc1ccc(C=O)[nH]1. The number of H-pyrrole nitrogens is 1. The summed E-state index contributed by atoms with van der Waals surface area (Å²) in [4.78, 5) is 13.8. The van der Waals surface area contributed by atoms with Crippen LogP contribution >= 0.6 is 0 Å². The number of aldehydes is 1. The number of nitrogens with one attached hydrogen (secondary N) is 1. The normalized spacial score (nSPS) is 12.0. The zero-order chi connectivity index (χ0) is 20.1. The van der Waals surface area contributed by atoms with Crippen LogP contribution in [0.25, 0.3) is 0 Å². The van der Waals surface area contributed by atoms with Crippen LogP contribution in [0.5, 0.6) is 0 Å². The van der Waals surface area contributed by atoms with Crippen LogP contribution in [0.2, 0.25) is 0 Å². The summed E-state index contributed by atoms with van der Waals surface area (Å²) in [6.45, 7) is 2.17. The molecule has 0 radical (unpaired) electrons. The zero-order valence-corrected chi connectivity index (χ0v) is 18.0. The molecular formula is C26H41NO. The molecule has 0 unspecified atom stereocenters. The molecule has 0 saturated heterocycles. The minimum absolute atomic E-state index is 0.692. The maximum Gasteiger partial charge on any atom is 0.166 e. The van der Waals surface area contributed by atoms with Crippen molar-refractivity contribution in [3.05, 3.63) is 60.0 Å². The molecule has 1 aromatic heterocycles. The Morgan fingerprint density at radius 1 is 0.714 bits per heavy atom. The molecule has 2 nitrogen and oxygen atoms in total. The smallest absolute Gasteiger partial charge is 0.166 e. The maximum atomic E-state index is 10.6. The average Bonchev–Trinajstić information content (AvgIpc) is 3.18. The Bertz CT molecular complexity index is 565. The van der Waals surface area contributed by atoms with Crippen LogP contribution in [0.15, 0.2) is 48.6 Å². The van der Waals surface area contributed by atoms with Crippen molar-refractivity contribution in [1.29, 1.82) is 0 Å². The third-order valence-corrected chi connectivity index (χ3v) is 4.99. The molecule has 0 atom stereocenters. The van der Waals surface area contributed by atoms with Gasteiger partial charge in [-0.15, -0.1) is 0 Å². The average molecular weight is 384 g/mol. The third kappa shape index (κ3) is 14.3. The Hall–Kier alpha value is -1.83. The molecule has 0 aliphatic carbocycles. The fourth-order valence-corrected chi connectivity index (χ4v) is 3.32. The molecule has 2 heteroatoms. The van der Waals surface area contributed by atoms with Crippen molar-refractivity contribution in [2.45, 2.75) is 96.8 Å². The molecule has 0 spiro atoms. The first-order chi connectivity index (χ1) is 13.9. The molecule has 1 rings (SSSR count). The summed E-state index contributed by atoms with van der Waals surface area (Å²) >= 11 is 0. The van der Waals surface area contributed by atoms with E-state index in [1.165, 1.54) is 69.9 Å². The summed E-state index contributed by atoms with van der Waals surface area (Å²) in [7, 11) is 0. The van der Waals surface area contributed by atoms with Gasteiger partial charge in [-0.25, -0.2) is 0 Å². The molecule has 1 N–H and O–H groups in total. The van der Waals surface area contributed by atoms with E-state index >= 15 is 0 Å². The van der Waals surface area contributed by atoms with Crippen molar-refractivity contribution >= 4 is 6.29 Å². The predicted molar refractivity (Wildman–Crippen MR) is 123 cm³/mol. The van der Waals surface area contributed by atoms with Crippen molar-refractivity contribution in [2.24, 2.45) is 0 Å². The second-order valence-electron chi connectivity index (χ2n) is 7.57. The molecule has 1 aromatic rings. The number of hydrogen-bond acceptors (Lipinski definition) is 1. The number of allylic oxidation sites excluding steroid dienone is 6. The standard InChI is InChI=1S/C26H41NO/c1-2-3-4-5-6-7-8-9-10-11-12-13-14-15-16-17-18-19-20-21-25-22-23-26(24-28)27-25/h3-4,6-7,9-10,22-24,27H,2,5,8,11-21H2,1H3/b4-3-,7-6-,10-9-. The molecule has 1 heterocycles. The zero-order valence-electron chi connectivity index (χ0n) is 18.0. The Labute approximate surface area is 173 Å². The van der Waals surface area contributed by atoms with Crippen molar-refractivity contribution < 1.29 is 4.79 Å². The van der Waals surface area contributed by atoms with E-state index in [2.05, 4.69) is 48.4 Å². The highest BCUT2D eigenvalue weighted by Gasteiger charge is 1.98. The summed E-state index contributed by atoms with van der Waals surface area (Å²) in [5.74, 6) is 0. The van der Waals surface area contributed by atoms with Gasteiger partial charge in [0.25, 0.3) is 0 Å². The lowest BCUT2D eigenvalue weighted by molar-refractivity contribution is 0.111. The highest BCUT2D eigenvalue weighted by atomic mass is 16.1. The Balaban J connectivity index is 1.79. The number of hydrogen-bond donors (Lipinski definition) is 1. The molecule has 28 heavy (non-hydrogen) atoms. The number of aromatic amines is 1. The minimum Gasteiger partial charge on any atom is -0.356 e. The van der Waals surface area contributed by atoms with E-state index in [4.69, 9.17) is 0 Å². The molecule has 0 amide bonds. The molecular weight excluding hydrogens is 342 g/mol. The van der Waals surface area contributed by atoms with E-state index in [-0.39, 0.29) is 0 Å². The molecule has 156 valence electrons. The Kier molecular flexibility index (Phi) is 16.0. The molecule has 0 aliphatic heterocycles. The van der Waals surface area contributed by atoms with Crippen LogP contribution in [0.3, 0.4) is 0 Å². The fraction of sp³-hybridized carbons (Fsp3) is 0.577. The third-order valence-electron chi connectivity index (χ3n) is 4.99. The lowest BCUT2D eigenvalue weighted by atomic mass is 10.1. The van der Waals surface area contributed by atoms with Gasteiger partial charge in [0.2, 0.25) is 0 Å². The second-order valence-corrected chi connectivity index (χ2v) is 7.57. The molecule has 0 bridgehead atoms. The number of carbonyl (C=O) groups excluding carboxylic acids is 1. The van der Waals surface area contributed by atoms with Crippen LogP contribution in [-0.2, 0) is 6.42 Å². The number of aryl methyl sites for hydroxylation is 1. The van der Waals surface area contributed by atoms with E-state index in [1.807, 2.05) is 12.1 Å². The van der Waals surface area contributed by atoms with Gasteiger partial charge in [0.1, 0.15) is 0 Å². The van der Waals surface area contributed by atoms with Crippen LogP contribution < -0.4 is 0 Å². The number of unbranched alkanes of at least 4 members (excludes halogenated alkanes) is 9. The van der Waals surface area contributed by atoms with Gasteiger partial charge in [-0.1, -0.05) is 88.3 Å². The topological polar surface area (TPSA) is 32.9 Å². The van der Waals surface area contributed by atoms with E-state index in [0.717, 1.165) is 32.0 Å². The fourth-order valence-electron chi connectivity index (χ4n) is 3.32. The summed E-state index contributed by atoms with van der Waals surface area (Å²) in [6, 6.07) is 3.89. The van der Waals surface area contributed by atoms with Gasteiger partial charge < -0.3 is 4.98 Å². The number of carbonyl (C=O) groups is 1. The molecule has 0 saturated carbocycles. The maximum absolute atomic E-state index is 10.6. The van der Waals surface area contributed by atoms with E-state index < -0.39 is 0 Å². The van der Waals surface area contributed by atoms with Crippen LogP contribution in [0.4, 0.5) is 0 Å². The highest BCUT2D eigenvalue weighted by molar-refractivity contribution is 5.71. The Morgan fingerprint density at radius 3 is 1.89 bits per heavy atom. The first-order valence-electron chi connectivity index (χ1n) is 11.4. The molecule has 0 aromatic carbocycles. The molecule has 0 fully saturated rings. The van der Waals surface area contributed by atoms with Crippen LogP contribution in [0.1, 0.15) is 107 Å². The van der Waals surface area contributed by atoms with Gasteiger partial charge in [-0.05, 0) is 57.1 Å². The largest absolute Gasteiger partial charge is 0.356 e. The van der Waals surface area contributed by atoms with Crippen LogP contribution in [-0.4, -0.2) is 11.3 Å². The van der Waals surface area contributed by atoms with Gasteiger partial charge >= 0.3 is 0 Å². The van der Waals surface area contributed by atoms with Crippen molar-refractivity contribution in [3.8, 4) is 0 Å². The van der Waals surface area contributed by atoms with Gasteiger partial charge in [0.15, 0.2) is 6.29 Å². The van der Waals surface area contributed by atoms with Gasteiger partial charge in [-0.2, -0.15) is 0 Å². The van der Waals surface area contributed by atoms with E-state index in [0.29, 0.717) is 5.69 Å². The number of aromatic nitrogens is 1. The van der Waals surface area contributed by atoms with Gasteiger partial charge in [-0.3, -0.25) is 4.79 Å². The minimum atomic E-state index is 0.692. The quantitative estimate of drug-likeness (QED) is 0.155. The first kappa shape index (κ1) is 24.2. The van der Waals surface area contributed by atoms with Gasteiger partial charge in [0, 0.05) is 5.69 Å². The van der Waals surface area contributed by atoms with Crippen molar-refractivity contribution in [3.63, 3.8) is 0 Å². The number of rotatable bonds is 18. The molecule has 0 aliphatic rings. The monoisotopic (exact) mass is 383 g/mol. The first-order valence-corrected chi connectivity index (χ1v) is 11.4. The predicted octanol–water partition coefficient (Wildman–Crippen LogP) is 8.13. The summed E-state index contributed by atoms with van der Waals surface area (Å²) in [5, 5.41) is 0. The summed E-state index contributed by atoms with van der Waals surface area (Å²) < 4.78 is 0. The van der Waals surface area contributed by atoms with E-state index in [9.17, 15) is 4.79 Å². The summed E-state index contributed by atoms with van der Waals surface area (Å²) in [5.41, 5.74) is 1.88. The van der Waals surface area contributed by atoms with Crippen LogP contribution in [0, 0.1) is 0 Å². The highest BCUT2D eigenvalue weighted by Crippen LogP contribution is 2.12. The second kappa shape index (κ2) is 18.5.